The van der Waals surface area contributed by atoms with Crippen LogP contribution in [-0.2, 0) is 4.74 Å². The van der Waals surface area contributed by atoms with Gasteiger partial charge in [0.1, 0.15) is 28.2 Å². The normalized spacial score (nSPS) is 14.6. The third-order valence-electron chi connectivity index (χ3n) is 5.83. The highest BCUT2D eigenvalue weighted by molar-refractivity contribution is 5.86. The lowest BCUT2D eigenvalue weighted by Gasteiger charge is -2.26. The van der Waals surface area contributed by atoms with Crippen molar-refractivity contribution < 1.29 is 19.0 Å². The minimum atomic E-state index is -0.272. The van der Waals surface area contributed by atoms with Crippen molar-refractivity contribution in [3.05, 3.63) is 58.8 Å². The fourth-order valence-corrected chi connectivity index (χ4v) is 4.05. The van der Waals surface area contributed by atoms with Gasteiger partial charge in [-0.25, -0.2) is 0 Å². The lowest BCUT2D eigenvalue weighted by molar-refractivity contribution is 0.0371. The van der Waals surface area contributed by atoms with Crippen molar-refractivity contribution in [3.63, 3.8) is 0 Å². The maximum absolute atomic E-state index is 12.5. The van der Waals surface area contributed by atoms with E-state index in [2.05, 4.69) is 4.90 Å². The number of hydrogen-bond acceptors (Lipinski definition) is 6. The van der Waals surface area contributed by atoms with Crippen LogP contribution in [-0.4, -0.2) is 49.5 Å². The van der Waals surface area contributed by atoms with E-state index in [1.54, 1.807) is 6.07 Å². The van der Waals surface area contributed by atoms with E-state index < -0.39 is 0 Å². The van der Waals surface area contributed by atoms with Crippen LogP contribution in [0.2, 0.25) is 0 Å². The first-order chi connectivity index (χ1) is 15.7. The average molecular weight is 438 g/mol. The Morgan fingerprint density at radius 2 is 1.69 bits per heavy atom. The molecular formula is C26H31NO5. The van der Waals surface area contributed by atoms with Gasteiger partial charge in [-0.05, 0) is 19.4 Å². The number of phenolic OH excluding ortho intramolecular Hbond substituents is 1. The summed E-state index contributed by atoms with van der Waals surface area (Å²) in [5.41, 5.74) is 0.867. The molecule has 1 fully saturated rings. The predicted octanol–water partition coefficient (Wildman–Crippen LogP) is 4.83. The molecule has 32 heavy (non-hydrogen) atoms. The fourth-order valence-electron chi connectivity index (χ4n) is 4.05. The number of rotatable bonds is 10. The second-order valence-electron chi connectivity index (χ2n) is 8.23. The summed E-state index contributed by atoms with van der Waals surface area (Å²) in [6.45, 7) is 5.56. The van der Waals surface area contributed by atoms with Gasteiger partial charge in [-0.15, -0.1) is 0 Å². The maximum atomic E-state index is 12.5. The Bertz CT molecular complexity index is 1060. The van der Waals surface area contributed by atoms with Crippen molar-refractivity contribution >= 4 is 11.0 Å². The average Bonchev–Trinajstić information content (AvgIpc) is 2.81. The molecule has 0 spiro atoms. The standard InChI is InChI=1S/C26H31NO5/c28-22-17-21(31-14-8-3-1-2-7-11-27-12-15-30-16-13-27)18-25-26(22)23(29)19-24(32-25)20-9-5-4-6-10-20/h4-6,9-10,17-19,28H,1-3,7-8,11-16H2. The minimum absolute atomic E-state index is 0.117. The molecule has 4 rings (SSSR count). The van der Waals surface area contributed by atoms with E-state index >= 15 is 0 Å². The summed E-state index contributed by atoms with van der Waals surface area (Å²) in [5.74, 6) is 0.862. The van der Waals surface area contributed by atoms with Gasteiger partial charge in [0.15, 0.2) is 5.43 Å². The zero-order valence-corrected chi connectivity index (χ0v) is 18.4. The molecule has 2 aromatic carbocycles. The monoisotopic (exact) mass is 437 g/mol. The molecule has 3 aromatic rings. The SMILES string of the molecule is O=c1cc(-c2ccccc2)oc2cc(OCCCCCCCN3CCOCC3)cc(O)c12. The Kier molecular flexibility index (Phi) is 7.80. The molecule has 0 atom stereocenters. The molecule has 2 heterocycles. The van der Waals surface area contributed by atoms with Crippen molar-refractivity contribution in [2.24, 2.45) is 0 Å². The van der Waals surface area contributed by atoms with Crippen molar-refractivity contribution in [2.45, 2.75) is 32.1 Å². The minimum Gasteiger partial charge on any atom is -0.507 e. The first-order valence-corrected chi connectivity index (χ1v) is 11.5. The predicted molar refractivity (Wildman–Crippen MR) is 125 cm³/mol. The first kappa shape index (κ1) is 22.4. The van der Waals surface area contributed by atoms with Gasteiger partial charge in [0.2, 0.25) is 0 Å². The Balaban J connectivity index is 1.27. The molecule has 0 bridgehead atoms. The molecule has 6 heteroatoms. The van der Waals surface area contributed by atoms with Crippen LogP contribution < -0.4 is 10.2 Å². The van der Waals surface area contributed by atoms with Crippen molar-refractivity contribution in [3.8, 4) is 22.8 Å². The van der Waals surface area contributed by atoms with Gasteiger partial charge in [-0.2, -0.15) is 0 Å². The number of nitrogens with zero attached hydrogens (tertiary/aromatic N) is 1. The highest BCUT2D eigenvalue weighted by Crippen LogP contribution is 2.31. The highest BCUT2D eigenvalue weighted by Gasteiger charge is 2.13. The number of ether oxygens (including phenoxy) is 2. The number of fused-ring (bicyclic) bond motifs is 1. The second-order valence-corrected chi connectivity index (χ2v) is 8.23. The molecule has 1 saturated heterocycles. The van der Waals surface area contributed by atoms with Gasteiger partial charge in [0.05, 0.1) is 19.8 Å². The van der Waals surface area contributed by atoms with Gasteiger partial charge in [0.25, 0.3) is 0 Å². The maximum Gasteiger partial charge on any atom is 0.197 e. The summed E-state index contributed by atoms with van der Waals surface area (Å²) in [5, 5.41) is 10.5. The molecular weight excluding hydrogens is 406 g/mol. The van der Waals surface area contributed by atoms with Crippen LogP contribution in [0.25, 0.3) is 22.3 Å². The summed E-state index contributed by atoms with van der Waals surface area (Å²) in [7, 11) is 0. The van der Waals surface area contributed by atoms with Gasteiger partial charge >= 0.3 is 0 Å². The van der Waals surface area contributed by atoms with Crippen molar-refractivity contribution in [2.75, 3.05) is 39.5 Å². The van der Waals surface area contributed by atoms with E-state index in [0.717, 1.165) is 51.3 Å². The zero-order chi connectivity index (χ0) is 22.2. The van der Waals surface area contributed by atoms with E-state index in [1.165, 1.54) is 31.4 Å². The topological polar surface area (TPSA) is 72.1 Å². The van der Waals surface area contributed by atoms with Gasteiger partial charge < -0.3 is 19.0 Å². The molecule has 6 nitrogen and oxygen atoms in total. The number of unbranched alkanes of at least 4 members (excludes halogenated alkanes) is 4. The number of phenols is 1. The molecule has 1 N–H and O–H groups in total. The Labute approximate surface area is 188 Å². The van der Waals surface area contributed by atoms with Gasteiger partial charge in [0, 0.05) is 36.9 Å². The Morgan fingerprint density at radius 3 is 2.50 bits per heavy atom. The molecule has 170 valence electrons. The summed E-state index contributed by atoms with van der Waals surface area (Å²) in [6.07, 6.45) is 5.69. The van der Waals surface area contributed by atoms with Crippen molar-refractivity contribution in [1.82, 2.24) is 4.90 Å². The summed E-state index contributed by atoms with van der Waals surface area (Å²) in [4.78, 5) is 15.0. The summed E-state index contributed by atoms with van der Waals surface area (Å²) >= 11 is 0. The number of benzene rings is 2. The molecule has 0 aliphatic carbocycles. The van der Waals surface area contributed by atoms with Crippen LogP contribution in [0.5, 0.6) is 11.5 Å². The van der Waals surface area contributed by atoms with Crippen LogP contribution in [0, 0.1) is 0 Å². The lowest BCUT2D eigenvalue weighted by Crippen LogP contribution is -2.36. The van der Waals surface area contributed by atoms with E-state index in [0.29, 0.717) is 23.7 Å². The van der Waals surface area contributed by atoms with Gasteiger partial charge in [-0.3, -0.25) is 9.69 Å². The molecule has 0 unspecified atom stereocenters. The van der Waals surface area contributed by atoms with Crippen LogP contribution in [0.15, 0.2) is 57.7 Å². The molecule has 0 radical (unpaired) electrons. The number of hydrogen-bond donors (Lipinski definition) is 1. The quantitative estimate of drug-likeness (QED) is 0.458. The molecule has 1 aliphatic heterocycles. The van der Waals surface area contributed by atoms with E-state index in [1.807, 2.05) is 30.3 Å². The largest absolute Gasteiger partial charge is 0.507 e. The molecule has 0 saturated carbocycles. The molecule has 1 aromatic heterocycles. The second kappa shape index (κ2) is 11.2. The van der Waals surface area contributed by atoms with Crippen LogP contribution in [0.3, 0.4) is 0 Å². The Hall–Kier alpha value is -2.83. The van der Waals surface area contributed by atoms with Gasteiger partial charge in [-0.1, -0.05) is 49.6 Å². The third-order valence-corrected chi connectivity index (χ3v) is 5.83. The number of morpholine rings is 1. The fraction of sp³-hybridized carbons (Fsp3) is 0.423. The first-order valence-electron chi connectivity index (χ1n) is 11.5. The molecule has 1 aliphatic rings. The lowest BCUT2D eigenvalue weighted by atomic mass is 10.1. The van der Waals surface area contributed by atoms with Crippen LogP contribution in [0.4, 0.5) is 0 Å². The summed E-state index contributed by atoms with van der Waals surface area (Å²) < 4.78 is 17.1. The van der Waals surface area contributed by atoms with E-state index in [-0.39, 0.29) is 16.6 Å². The van der Waals surface area contributed by atoms with Crippen LogP contribution in [0.1, 0.15) is 32.1 Å². The zero-order valence-electron chi connectivity index (χ0n) is 18.4. The van der Waals surface area contributed by atoms with Crippen LogP contribution >= 0.6 is 0 Å². The van der Waals surface area contributed by atoms with Crippen molar-refractivity contribution in [1.29, 1.82) is 0 Å². The smallest absolute Gasteiger partial charge is 0.197 e. The summed E-state index contributed by atoms with van der Waals surface area (Å²) in [6, 6.07) is 14.0. The highest BCUT2D eigenvalue weighted by atomic mass is 16.5. The van der Waals surface area contributed by atoms with E-state index in [4.69, 9.17) is 13.9 Å². The third kappa shape index (κ3) is 5.90. The van der Waals surface area contributed by atoms with E-state index in [9.17, 15) is 9.90 Å². The molecule has 0 amide bonds. The Morgan fingerprint density at radius 1 is 0.938 bits per heavy atom. The number of aromatic hydroxyl groups is 1.